The summed E-state index contributed by atoms with van der Waals surface area (Å²) >= 11 is 0. The number of nitrogens with two attached hydrogens (primary N) is 1. The Balaban J connectivity index is 2.30. The average molecular weight is 418 g/mol. The maximum Gasteiger partial charge on any atom is 0.341 e. The third-order valence-corrected chi connectivity index (χ3v) is 4.82. The first-order valence-corrected chi connectivity index (χ1v) is 8.99. The third kappa shape index (κ3) is 3.19. The van der Waals surface area contributed by atoms with Gasteiger partial charge in [-0.25, -0.2) is 9.59 Å². The molecule has 0 unspecified atom stereocenters. The molecule has 0 saturated carbocycles. The zero-order chi connectivity index (χ0) is 21.9. The summed E-state index contributed by atoms with van der Waals surface area (Å²) in [6, 6.07) is 6.64. The van der Waals surface area contributed by atoms with Gasteiger partial charge >= 0.3 is 11.9 Å². The van der Waals surface area contributed by atoms with Crippen LogP contribution in [0.2, 0.25) is 0 Å². The van der Waals surface area contributed by atoms with Crippen LogP contribution in [-0.2, 0) is 43.5 Å². The van der Waals surface area contributed by atoms with Crippen molar-refractivity contribution < 1.29 is 38.1 Å². The Labute approximate surface area is 172 Å². The van der Waals surface area contributed by atoms with E-state index in [2.05, 4.69) is 5.32 Å². The molecule has 0 aliphatic carbocycles. The average Bonchev–Trinajstić information content (AvgIpc) is 3.00. The number of esters is 2. The number of para-hydroxylation sites is 1. The molecule has 10 heteroatoms. The lowest BCUT2D eigenvalue weighted by Gasteiger charge is -2.35. The summed E-state index contributed by atoms with van der Waals surface area (Å²) in [4.78, 5) is 39.3. The van der Waals surface area contributed by atoms with Gasteiger partial charge in [-0.15, -0.1) is 0 Å². The van der Waals surface area contributed by atoms with Crippen LogP contribution in [-0.4, -0.2) is 59.0 Å². The summed E-state index contributed by atoms with van der Waals surface area (Å²) in [7, 11) is 3.99. The van der Waals surface area contributed by atoms with Gasteiger partial charge < -0.3 is 34.7 Å². The van der Waals surface area contributed by atoms with E-state index in [4.69, 9.17) is 29.4 Å². The molecule has 0 bridgehead atoms. The van der Waals surface area contributed by atoms with Gasteiger partial charge in [0.25, 0.3) is 0 Å². The number of carbonyl (C=O) groups is 3. The molecule has 0 fully saturated rings. The van der Waals surface area contributed by atoms with Crippen molar-refractivity contribution in [1.82, 2.24) is 0 Å². The van der Waals surface area contributed by atoms with Crippen molar-refractivity contribution in [3.63, 3.8) is 0 Å². The normalized spacial score (nSPS) is 20.0. The van der Waals surface area contributed by atoms with Crippen molar-refractivity contribution in [3.8, 4) is 0 Å². The number of anilines is 1. The first-order valence-electron chi connectivity index (χ1n) is 8.99. The van der Waals surface area contributed by atoms with E-state index in [-0.39, 0.29) is 42.6 Å². The summed E-state index contributed by atoms with van der Waals surface area (Å²) in [6.45, 7) is -0.147. The van der Waals surface area contributed by atoms with E-state index in [0.717, 1.165) is 7.11 Å². The van der Waals surface area contributed by atoms with Crippen molar-refractivity contribution in [3.05, 3.63) is 52.6 Å². The van der Waals surface area contributed by atoms with Gasteiger partial charge in [-0.2, -0.15) is 0 Å². The quantitative estimate of drug-likeness (QED) is 0.474. The SMILES string of the molecule is COCCOC(=O)C1=C(N)OC(COC)=C(C(=O)OC)[C@@]12C(=O)Nc1ccccc12. The van der Waals surface area contributed by atoms with Gasteiger partial charge in [-0.3, -0.25) is 4.79 Å². The summed E-state index contributed by atoms with van der Waals surface area (Å²) < 4.78 is 25.7. The summed E-state index contributed by atoms with van der Waals surface area (Å²) in [5, 5.41) is 2.70. The van der Waals surface area contributed by atoms with E-state index in [1.165, 1.54) is 14.2 Å². The number of carbonyl (C=O) groups excluding carboxylic acids is 3. The molecule has 0 radical (unpaired) electrons. The largest absolute Gasteiger partial charge is 0.466 e. The van der Waals surface area contributed by atoms with Gasteiger partial charge in [0, 0.05) is 25.5 Å². The molecule has 1 spiro atoms. The van der Waals surface area contributed by atoms with Crippen molar-refractivity contribution in [1.29, 1.82) is 0 Å². The molecular weight excluding hydrogens is 396 g/mol. The van der Waals surface area contributed by atoms with Gasteiger partial charge in [0.15, 0.2) is 0 Å². The Kier molecular flexibility index (Phi) is 6.09. The predicted molar refractivity (Wildman–Crippen MR) is 103 cm³/mol. The summed E-state index contributed by atoms with van der Waals surface area (Å²) in [5.41, 5.74) is 4.39. The highest BCUT2D eigenvalue weighted by Crippen LogP contribution is 2.52. The van der Waals surface area contributed by atoms with E-state index >= 15 is 0 Å². The lowest BCUT2D eigenvalue weighted by molar-refractivity contribution is -0.143. The third-order valence-electron chi connectivity index (χ3n) is 4.82. The number of ether oxygens (including phenoxy) is 5. The Bertz CT molecular complexity index is 952. The van der Waals surface area contributed by atoms with Crippen LogP contribution in [0.25, 0.3) is 0 Å². The number of rotatable bonds is 7. The van der Waals surface area contributed by atoms with Crippen LogP contribution in [0.1, 0.15) is 5.56 Å². The van der Waals surface area contributed by atoms with Crippen molar-refractivity contribution >= 4 is 23.5 Å². The number of nitrogens with one attached hydrogen (secondary N) is 1. The lowest BCUT2D eigenvalue weighted by Crippen LogP contribution is -2.49. The van der Waals surface area contributed by atoms with Gasteiger partial charge in [0.2, 0.25) is 11.8 Å². The van der Waals surface area contributed by atoms with Gasteiger partial charge in [0.05, 0.1) is 13.7 Å². The van der Waals surface area contributed by atoms with E-state index in [1.54, 1.807) is 24.3 Å². The van der Waals surface area contributed by atoms with Crippen LogP contribution in [0, 0.1) is 0 Å². The minimum Gasteiger partial charge on any atom is -0.466 e. The molecule has 0 saturated heterocycles. The molecule has 1 amide bonds. The first-order chi connectivity index (χ1) is 14.4. The number of hydrogen-bond donors (Lipinski definition) is 2. The zero-order valence-electron chi connectivity index (χ0n) is 16.8. The lowest BCUT2D eigenvalue weighted by atomic mass is 9.67. The Morgan fingerprint density at radius 2 is 1.80 bits per heavy atom. The Hall–Kier alpha value is -3.37. The molecule has 0 aromatic heterocycles. The molecule has 1 aromatic carbocycles. The highest BCUT2D eigenvalue weighted by Gasteiger charge is 2.62. The van der Waals surface area contributed by atoms with Crippen LogP contribution < -0.4 is 11.1 Å². The van der Waals surface area contributed by atoms with Crippen LogP contribution in [0.4, 0.5) is 5.69 Å². The second-order valence-electron chi connectivity index (χ2n) is 6.44. The number of methoxy groups -OCH3 is 3. The van der Waals surface area contributed by atoms with Gasteiger partial charge in [-0.05, 0) is 6.07 Å². The van der Waals surface area contributed by atoms with Crippen LogP contribution >= 0.6 is 0 Å². The van der Waals surface area contributed by atoms with Crippen LogP contribution in [0.5, 0.6) is 0 Å². The Morgan fingerprint density at radius 3 is 2.47 bits per heavy atom. The monoisotopic (exact) mass is 418 g/mol. The van der Waals surface area contributed by atoms with E-state index in [9.17, 15) is 14.4 Å². The van der Waals surface area contributed by atoms with E-state index in [0.29, 0.717) is 11.3 Å². The Morgan fingerprint density at radius 1 is 1.07 bits per heavy atom. The van der Waals surface area contributed by atoms with Crippen LogP contribution in [0.15, 0.2) is 47.1 Å². The summed E-state index contributed by atoms with van der Waals surface area (Å²) in [5.74, 6) is -2.87. The standard InChI is InChI=1S/C20H22N2O8/c1-26-8-9-29-18(24)15-16(21)30-13(10-27-2)14(17(23)28-3)20(15)11-6-4-5-7-12(11)22-19(20)25/h4-7H,8-10,21H2,1-3H3,(H,22,25)/t20-/m1/s1. The first kappa shape index (κ1) is 21.3. The van der Waals surface area contributed by atoms with Crippen LogP contribution in [0.3, 0.4) is 0 Å². The highest BCUT2D eigenvalue weighted by atomic mass is 16.6. The van der Waals surface area contributed by atoms with Crippen molar-refractivity contribution in [2.24, 2.45) is 5.73 Å². The van der Waals surface area contributed by atoms with Gasteiger partial charge in [0.1, 0.15) is 35.5 Å². The second kappa shape index (κ2) is 8.56. The molecule has 30 heavy (non-hydrogen) atoms. The molecule has 3 N–H and O–H groups in total. The fraction of sp³-hybridized carbons (Fsp3) is 0.350. The predicted octanol–water partition coefficient (Wildman–Crippen LogP) is 0.340. The van der Waals surface area contributed by atoms with Crippen molar-refractivity contribution in [2.75, 3.05) is 46.5 Å². The maximum absolute atomic E-state index is 13.4. The number of amides is 1. The van der Waals surface area contributed by atoms with E-state index < -0.39 is 23.3 Å². The molecular formula is C20H22N2O8. The zero-order valence-corrected chi connectivity index (χ0v) is 16.8. The van der Waals surface area contributed by atoms with Crippen molar-refractivity contribution in [2.45, 2.75) is 5.41 Å². The minimum absolute atomic E-state index is 0.0397. The molecule has 2 aliphatic heterocycles. The van der Waals surface area contributed by atoms with E-state index in [1.807, 2.05) is 0 Å². The number of hydrogen-bond acceptors (Lipinski definition) is 9. The molecule has 160 valence electrons. The fourth-order valence-electron chi connectivity index (χ4n) is 3.65. The fourth-order valence-corrected chi connectivity index (χ4v) is 3.65. The maximum atomic E-state index is 13.4. The molecule has 1 atom stereocenters. The second-order valence-corrected chi connectivity index (χ2v) is 6.44. The molecule has 3 rings (SSSR count). The van der Waals surface area contributed by atoms with Gasteiger partial charge in [-0.1, -0.05) is 18.2 Å². The highest BCUT2D eigenvalue weighted by molar-refractivity contribution is 6.21. The molecule has 10 nitrogen and oxygen atoms in total. The summed E-state index contributed by atoms with van der Waals surface area (Å²) in [6.07, 6.45) is 0. The topological polar surface area (TPSA) is 135 Å². The minimum atomic E-state index is -1.93. The smallest absolute Gasteiger partial charge is 0.341 e. The molecule has 1 aromatic rings. The molecule has 2 heterocycles. The number of benzene rings is 1. The number of fused-ring (bicyclic) bond motifs is 2. The molecule has 2 aliphatic rings.